The first-order valence-corrected chi connectivity index (χ1v) is 10.1. The van der Waals surface area contributed by atoms with Crippen molar-refractivity contribution in [2.24, 2.45) is 0 Å². The highest BCUT2D eigenvalue weighted by Crippen LogP contribution is 2.20. The van der Waals surface area contributed by atoms with E-state index >= 15 is 0 Å². The molecule has 1 fully saturated rings. The summed E-state index contributed by atoms with van der Waals surface area (Å²) in [6.45, 7) is 0. The summed E-state index contributed by atoms with van der Waals surface area (Å²) >= 11 is 3.19. The molecule has 2 aromatic heterocycles. The Morgan fingerprint density at radius 2 is 1.33 bits per heavy atom. The summed E-state index contributed by atoms with van der Waals surface area (Å²) in [7, 11) is 0. The number of thiophene rings is 2. The molecular weight excluding hydrogens is 340 g/mol. The highest BCUT2D eigenvalue weighted by atomic mass is 32.1. The fourth-order valence-electron chi connectivity index (χ4n) is 3.13. The van der Waals surface area contributed by atoms with Gasteiger partial charge in [-0.05, 0) is 35.7 Å². The highest BCUT2D eigenvalue weighted by Gasteiger charge is 2.27. The van der Waals surface area contributed by atoms with Gasteiger partial charge in [-0.25, -0.2) is 0 Å². The monoisotopic (exact) mass is 362 g/mol. The molecule has 1 aliphatic rings. The van der Waals surface area contributed by atoms with Gasteiger partial charge in [-0.2, -0.15) is 0 Å². The van der Waals surface area contributed by atoms with Gasteiger partial charge in [-0.1, -0.05) is 25.0 Å². The minimum absolute atomic E-state index is 0.0403. The summed E-state index contributed by atoms with van der Waals surface area (Å²) in [6, 6.07) is 7.96. The number of hydrogen-bond acceptors (Lipinski definition) is 4. The highest BCUT2D eigenvalue weighted by molar-refractivity contribution is 7.10. The molecule has 4 nitrogen and oxygen atoms in total. The molecule has 0 aromatic carbocycles. The van der Waals surface area contributed by atoms with Gasteiger partial charge in [0.1, 0.15) is 0 Å². The SMILES string of the molecule is O=C(Cc1cccs1)N[C@H]1CCCC[C@H]1NC(=O)Cc1cccs1. The smallest absolute Gasteiger partial charge is 0.225 e. The Morgan fingerprint density at radius 3 is 1.71 bits per heavy atom. The largest absolute Gasteiger partial charge is 0.351 e. The van der Waals surface area contributed by atoms with Gasteiger partial charge in [0.2, 0.25) is 11.8 Å². The maximum absolute atomic E-state index is 12.3. The molecule has 1 aliphatic carbocycles. The molecule has 0 spiro atoms. The Balaban J connectivity index is 1.52. The van der Waals surface area contributed by atoms with E-state index in [1.54, 1.807) is 22.7 Å². The zero-order valence-corrected chi connectivity index (χ0v) is 15.1. The molecule has 3 rings (SSSR count). The maximum atomic E-state index is 12.3. The van der Waals surface area contributed by atoms with Crippen LogP contribution in [0.5, 0.6) is 0 Å². The zero-order valence-electron chi connectivity index (χ0n) is 13.5. The van der Waals surface area contributed by atoms with E-state index in [0.717, 1.165) is 35.4 Å². The van der Waals surface area contributed by atoms with E-state index in [-0.39, 0.29) is 23.9 Å². The van der Waals surface area contributed by atoms with Crippen molar-refractivity contribution in [3.63, 3.8) is 0 Å². The molecule has 2 N–H and O–H groups in total. The molecule has 2 aromatic rings. The molecule has 24 heavy (non-hydrogen) atoms. The number of amides is 2. The summed E-state index contributed by atoms with van der Waals surface area (Å²) in [5.74, 6) is 0.0868. The van der Waals surface area contributed by atoms with Gasteiger partial charge in [-0.3, -0.25) is 9.59 Å². The molecule has 0 aliphatic heterocycles. The van der Waals surface area contributed by atoms with Crippen molar-refractivity contribution in [3.05, 3.63) is 44.8 Å². The zero-order chi connectivity index (χ0) is 16.8. The number of rotatable bonds is 6. The van der Waals surface area contributed by atoms with Gasteiger partial charge in [0, 0.05) is 21.8 Å². The first kappa shape index (κ1) is 17.2. The summed E-state index contributed by atoms with van der Waals surface area (Å²) < 4.78 is 0. The Bertz CT molecular complexity index is 594. The molecule has 2 amide bonds. The van der Waals surface area contributed by atoms with Gasteiger partial charge < -0.3 is 10.6 Å². The lowest BCUT2D eigenvalue weighted by Gasteiger charge is -2.32. The predicted octanol–water partition coefficient (Wildman–Crippen LogP) is 3.14. The van der Waals surface area contributed by atoms with Crippen LogP contribution in [0.1, 0.15) is 35.4 Å². The van der Waals surface area contributed by atoms with Crippen LogP contribution in [-0.4, -0.2) is 23.9 Å². The van der Waals surface area contributed by atoms with Crippen molar-refractivity contribution in [1.82, 2.24) is 10.6 Å². The van der Waals surface area contributed by atoms with Crippen molar-refractivity contribution in [3.8, 4) is 0 Å². The average Bonchev–Trinajstić information content (AvgIpc) is 3.23. The molecule has 0 radical (unpaired) electrons. The quantitative estimate of drug-likeness (QED) is 0.829. The van der Waals surface area contributed by atoms with Crippen LogP contribution < -0.4 is 10.6 Å². The lowest BCUT2D eigenvalue weighted by Crippen LogP contribution is -2.53. The maximum Gasteiger partial charge on any atom is 0.225 e. The minimum Gasteiger partial charge on any atom is -0.351 e. The third-order valence-electron chi connectivity index (χ3n) is 4.29. The van der Waals surface area contributed by atoms with Crippen LogP contribution in [0.15, 0.2) is 35.0 Å². The summed E-state index contributed by atoms with van der Waals surface area (Å²) in [5.41, 5.74) is 0. The van der Waals surface area contributed by atoms with E-state index in [1.165, 1.54) is 0 Å². The Kier molecular flexibility index (Phi) is 6.04. The Morgan fingerprint density at radius 1 is 0.875 bits per heavy atom. The summed E-state index contributed by atoms with van der Waals surface area (Å²) in [6.07, 6.45) is 4.90. The molecule has 0 saturated heterocycles. The minimum atomic E-state index is 0.0403. The molecule has 2 atom stereocenters. The number of carbonyl (C=O) groups is 2. The Labute approximate surface area is 150 Å². The Hall–Kier alpha value is -1.66. The van der Waals surface area contributed by atoms with Crippen molar-refractivity contribution in [2.75, 3.05) is 0 Å². The molecule has 0 unspecified atom stereocenters. The third kappa shape index (κ3) is 4.92. The topological polar surface area (TPSA) is 58.2 Å². The van der Waals surface area contributed by atoms with Gasteiger partial charge in [0.15, 0.2) is 0 Å². The first-order valence-electron chi connectivity index (χ1n) is 8.34. The third-order valence-corrected chi connectivity index (χ3v) is 6.04. The second-order valence-corrected chi connectivity index (χ2v) is 8.21. The van der Waals surface area contributed by atoms with Crippen LogP contribution in [0.2, 0.25) is 0 Å². The van der Waals surface area contributed by atoms with E-state index < -0.39 is 0 Å². The van der Waals surface area contributed by atoms with Crippen LogP contribution in [0, 0.1) is 0 Å². The van der Waals surface area contributed by atoms with Crippen LogP contribution >= 0.6 is 22.7 Å². The van der Waals surface area contributed by atoms with Crippen LogP contribution in [-0.2, 0) is 22.4 Å². The van der Waals surface area contributed by atoms with Crippen LogP contribution in [0.25, 0.3) is 0 Å². The van der Waals surface area contributed by atoms with Crippen LogP contribution in [0.4, 0.5) is 0 Å². The molecule has 2 heterocycles. The lowest BCUT2D eigenvalue weighted by atomic mass is 9.90. The average molecular weight is 363 g/mol. The van der Waals surface area contributed by atoms with Crippen molar-refractivity contribution < 1.29 is 9.59 Å². The summed E-state index contributed by atoms with van der Waals surface area (Å²) in [5, 5.41) is 10.2. The lowest BCUT2D eigenvalue weighted by molar-refractivity contribution is -0.124. The van der Waals surface area contributed by atoms with Gasteiger partial charge in [0.05, 0.1) is 12.8 Å². The van der Waals surface area contributed by atoms with E-state index in [4.69, 9.17) is 0 Å². The van der Waals surface area contributed by atoms with E-state index in [9.17, 15) is 9.59 Å². The normalized spacial score (nSPS) is 20.5. The molecule has 1 saturated carbocycles. The second kappa shape index (κ2) is 8.44. The van der Waals surface area contributed by atoms with Crippen molar-refractivity contribution in [2.45, 2.75) is 50.6 Å². The van der Waals surface area contributed by atoms with Crippen molar-refractivity contribution in [1.29, 1.82) is 0 Å². The van der Waals surface area contributed by atoms with Crippen LogP contribution in [0.3, 0.4) is 0 Å². The summed E-state index contributed by atoms with van der Waals surface area (Å²) in [4.78, 5) is 26.6. The number of carbonyl (C=O) groups excluding carboxylic acids is 2. The molecule has 128 valence electrons. The molecular formula is C18H22N2O2S2. The van der Waals surface area contributed by atoms with E-state index in [1.807, 2.05) is 35.0 Å². The molecule has 0 bridgehead atoms. The van der Waals surface area contributed by atoms with E-state index in [0.29, 0.717) is 12.8 Å². The molecule has 6 heteroatoms. The predicted molar refractivity (Wildman–Crippen MR) is 98.4 cm³/mol. The van der Waals surface area contributed by atoms with Gasteiger partial charge >= 0.3 is 0 Å². The van der Waals surface area contributed by atoms with E-state index in [2.05, 4.69) is 10.6 Å². The number of nitrogens with one attached hydrogen (secondary N) is 2. The fourth-order valence-corrected chi connectivity index (χ4v) is 4.54. The van der Waals surface area contributed by atoms with Crippen molar-refractivity contribution >= 4 is 34.5 Å². The number of hydrogen-bond donors (Lipinski definition) is 2. The van der Waals surface area contributed by atoms with Gasteiger partial charge in [0.25, 0.3) is 0 Å². The van der Waals surface area contributed by atoms with Gasteiger partial charge in [-0.15, -0.1) is 22.7 Å². The first-order chi connectivity index (χ1) is 11.7. The second-order valence-electron chi connectivity index (χ2n) is 6.14. The standard InChI is InChI=1S/C18H22N2O2S2/c21-17(11-13-5-3-9-23-13)19-15-7-1-2-8-16(15)20-18(22)12-14-6-4-10-24-14/h3-6,9-10,15-16H,1-2,7-8,11-12H2,(H,19,21)(H,20,22)/t15-,16+. The fraction of sp³-hybridized carbons (Fsp3) is 0.444.